The van der Waals surface area contributed by atoms with Crippen LogP contribution in [0.25, 0.3) is 0 Å². The van der Waals surface area contributed by atoms with Crippen molar-refractivity contribution >= 4 is 17.2 Å². The van der Waals surface area contributed by atoms with Crippen LogP contribution in [-0.2, 0) is 16.1 Å². The Labute approximate surface area is 148 Å². The van der Waals surface area contributed by atoms with Crippen molar-refractivity contribution in [1.29, 1.82) is 0 Å². The molecule has 1 spiro atoms. The van der Waals surface area contributed by atoms with Crippen LogP contribution in [0.1, 0.15) is 50.0 Å². The number of carbonyl (C=O) groups excluding carboxylic acids is 1. The quantitative estimate of drug-likeness (QED) is 0.838. The highest BCUT2D eigenvalue weighted by molar-refractivity contribution is 7.09. The molecule has 3 aliphatic heterocycles. The maximum atomic E-state index is 12.5. The molecule has 3 saturated heterocycles. The van der Waals surface area contributed by atoms with E-state index in [4.69, 9.17) is 4.74 Å². The van der Waals surface area contributed by atoms with Gasteiger partial charge < -0.3 is 9.64 Å². The van der Waals surface area contributed by atoms with Gasteiger partial charge in [-0.15, -0.1) is 11.3 Å². The van der Waals surface area contributed by atoms with Crippen molar-refractivity contribution in [1.82, 2.24) is 14.8 Å². The van der Waals surface area contributed by atoms with E-state index in [0.717, 1.165) is 71.3 Å². The van der Waals surface area contributed by atoms with Crippen LogP contribution in [0.2, 0.25) is 0 Å². The summed E-state index contributed by atoms with van der Waals surface area (Å²) in [7, 11) is 0. The SMILES string of the molecule is O=C1CC[C@]2(CCCN(Cc3nccs3)CC2)N1C[C@@H]1CCCO1. The molecule has 0 unspecified atom stereocenters. The summed E-state index contributed by atoms with van der Waals surface area (Å²) in [4.78, 5) is 21.7. The van der Waals surface area contributed by atoms with Crippen molar-refractivity contribution in [2.75, 3.05) is 26.2 Å². The van der Waals surface area contributed by atoms with Crippen LogP contribution in [-0.4, -0.2) is 58.6 Å². The minimum atomic E-state index is 0.0840. The van der Waals surface area contributed by atoms with Gasteiger partial charge in [0.1, 0.15) is 5.01 Å². The molecule has 24 heavy (non-hydrogen) atoms. The fourth-order valence-electron chi connectivity index (χ4n) is 4.60. The smallest absolute Gasteiger partial charge is 0.223 e. The van der Waals surface area contributed by atoms with E-state index in [9.17, 15) is 4.79 Å². The van der Waals surface area contributed by atoms with Crippen LogP contribution < -0.4 is 0 Å². The van der Waals surface area contributed by atoms with Gasteiger partial charge in [-0.05, 0) is 45.1 Å². The van der Waals surface area contributed by atoms with Gasteiger partial charge in [-0.25, -0.2) is 4.98 Å². The second kappa shape index (κ2) is 7.10. The number of rotatable bonds is 4. The number of ether oxygens (including phenoxy) is 1. The minimum absolute atomic E-state index is 0.0840. The largest absolute Gasteiger partial charge is 0.376 e. The number of hydrogen-bond acceptors (Lipinski definition) is 5. The Hall–Kier alpha value is -0.980. The highest BCUT2D eigenvalue weighted by atomic mass is 32.1. The molecule has 1 amide bonds. The fraction of sp³-hybridized carbons (Fsp3) is 0.778. The van der Waals surface area contributed by atoms with Crippen LogP contribution in [0.5, 0.6) is 0 Å². The maximum absolute atomic E-state index is 12.5. The summed E-state index contributed by atoms with van der Waals surface area (Å²) in [5.74, 6) is 0.346. The predicted molar refractivity (Wildman–Crippen MR) is 93.9 cm³/mol. The molecule has 6 heteroatoms. The van der Waals surface area contributed by atoms with Crippen molar-refractivity contribution < 1.29 is 9.53 Å². The number of thiazole rings is 1. The van der Waals surface area contributed by atoms with Crippen LogP contribution in [0.15, 0.2) is 11.6 Å². The predicted octanol–water partition coefficient (Wildman–Crippen LogP) is 2.67. The number of hydrogen-bond donors (Lipinski definition) is 0. The topological polar surface area (TPSA) is 45.7 Å². The van der Waals surface area contributed by atoms with E-state index in [0.29, 0.717) is 5.91 Å². The lowest BCUT2D eigenvalue weighted by Crippen LogP contribution is -2.49. The number of likely N-dealkylation sites (tertiary alicyclic amines) is 2. The zero-order valence-electron chi connectivity index (χ0n) is 14.3. The molecule has 0 bridgehead atoms. The van der Waals surface area contributed by atoms with Crippen LogP contribution in [0.4, 0.5) is 0 Å². The highest BCUT2D eigenvalue weighted by Gasteiger charge is 2.46. The van der Waals surface area contributed by atoms with Gasteiger partial charge in [0.2, 0.25) is 5.91 Å². The first kappa shape index (κ1) is 16.5. The molecule has 3 aliphatic rings. The summed E-state index contributed by atoms with van der Waals surface area (Å²) in [6.45, 7) is 4.80. The first-order valence-corrected chi connectivity index (χ1v) is 10.2. The lowest BCUT2D eigenvalue weighted by atomic mass is 9.87. The Balaban J connectivity index is 1.42. The van der Waals surface area contributed by atoms with E-state index in [2.05, 4.69) is 14.8 Å². The van der Waals surface area contributed by atoms with Gasteiger partial charge in [0.25, 0.3) is 0 Å². The Morgan fingerprint density at radius 1 is 1.29 bits per heavy atom. The molecule has 132 valence electrons. The van der Waals surface area contributed by atoms with Gasteiger partial charge in [0.15, 0.2) is 0 Å². The summed E-state index contributed by atoms with van der Waals surface area (Å²) in [5, 5.41) is 3.25. The van der Waals surface area contributed by atoms with Crippen molar-refractivity contribution in [3.05, 3.63) is 16.6 Å². The van der Waals surface area contributed by atoms with Crippen LogP contribution >= 0.6 is 11.3 Å². The molecule has 0 saturated carbocycles. The summed E-state index contributed by atoms with van der Waals surface area (Å²) < 4.78 is 5.81. The van der Waals surface area contributed by atoms with Gasteiger partial charge in [-0.2, -0.15) is 0 Å². The van der Waals surface area contributed by atoms with E-state index in [-0.39, 0.29) is 11.6 Å². The van der Waals surface area contributed by atoms with Crippen LogP contribution in [0.3, 0.4) is 0 Å². The molecule has 4 rings (SSSR count). The molecule has 0 aromatic carbocycles. The summed E-state index contributed by atoms with van der Waals surface area (Å²) in [6.07, 6.45) is 9.55. The molecule has 0 radical (unpaired) electrons. The van der Waals surface area contributed by atoms with Gasteiger partial charge >= 0.3 is 0 Å². The summed E-state index contributed by atoms with van der Waals surface area (Å²) in [5.41, 5.74) is 0.0840. The number of aromatic nitrogens is 1. The number of nitrogens with zero attached hydrogens (tertiary/aromatic N) is 3. The maximum Gasteiger partial charge on any atom is 0.223 e. The third-order valence-corrected chi connectivity index (χ3v) is 6.70. The van der Waals surface area contributed by atoms with Crippen molar-refractivity contribution in [2.45, 2.75) is 63.1 Å². The van der Waals surface area contributed by atoms with E-state index in [1.165, 1.54) is 11.4 Å². The second-order valence-electron chi connectivity index (χ2n) is 7.42. The molecule has 0 N–H and O–H groups in total. The molecule has 1 aromatic rings. The zero-order valence-corrected chi connectivity index (χ0v) is 15.1. The van der Waals surface area contributed by atoms with E-state index in [1.54, 1.807) is 11.3 Å². The third kappa shape index (κ3) is 3.37. The first-order valence-electron chi connectivity index (χ1n) is 9.28. The first-order chi connectivity index (χ1) is 11.8. The van der Waals surface area contributed by atoms with E-state index >= 15 is 0 Å². The van der Waals surface area contributed by atoms with E-state index in [1.807, 2.05) is 11.6 Å². The van der Waals surface area contributed by atoms with Gasteiger partial charge in [-0.3, -0.25) is 9.69 Å². The molecule has 2 atom stereocenters. The van der Waals surface area contributed by atoms with E-state index < -0.39 is 0 Å². The Morgan fingerprint density at radius 3 is 3.04 bits per heavy atom. The molecular formula is C18H27N3O2S. The van der Waals surface area contributed by atoms with Crippen LogP contribution in [0, 0.1) is 0 Å². The highest BCUT2D eigenvalue weighted by Crippen LogP contribution is 2.40. The van der Waals surface area contributed by atoms with Crippen molar-refractivity contribution in [3.8, 4) is 0 Å². The fourth-order valence-corrected chi connectivity index (χ4v) is 5.25. The average molecular weight is 350 g/mol. The van der Waals surface area contributed by atoms with Gasteiger partial charge in [0, 0.05) is 43.2 Å². The lowest BCUT2D eigenvalue weighted by molar-refractivity contribution is -0.133. The Kier molecular flexibility index (Phi) is 4.88. The average Bonchev–Trinajstić information content (AvgIpc) is 3.29. The number of carbonyl (C=O) groups is 1. The monoisotopic (exact) mass is 349 g/mol. The second-order valence-corrected chi connectivity index (χ2v) is 8.40. The Morgan fingerprint density at radius 2 is 2.25 bits per heavy atom. The standard InChI is InChI=1S/C18H27N3O2S/c22-17-4-6-18(21(17)13-15-3-1-11-23-15)5-2-9-20(10-7-18)14-16-19-8-12-24-16/h8,12,15H,1-7,9-11,13-14H2/t15-,18-/m0/s1. The molecule has 1 aromatic heterocycles. The van der Waals surface area contributed by atoms with Gasteiger partial charge in [-0.1, -0.05) is 0 Å². The van der Waals surface area contributed by atoms with Crippen molar-refractivity contribution in [2.24, 2.45) is 0 Å². The molecule has 3 fully saturated rings. The molecular weight excluding hydrogens is 322 g/mol. The van der Waals surface area contributed by atoms with Crippen molar-refractivity contribution in [3.63, 3.8) is 0 Å². The molecule has 4 heterocycles. The van der Waals surface area contributed by atoms with Gasteiger partial charge in [0.05, 0.1) is 12.6 Å². The third-order valence-electron chi connectivity index (χ3n) is 5.94. The lowest BCUT2D eigenvalue weighted by Gasteiger charge is -2.39. The summed E-state index contributed by atoms with van der Waals surface area (Å²) >= 11 is 1.74. The molecule has 0 aliphatic carbocycles. The zero-order chi connectivity index (χ0) is 16.4. The summed E-state index contributed by atoms with van der Waals surface area (Å²) in [6, 6.07) is 0. The normalized spacial score (nSPS) is 31.9. The molecule has 5 nitrogen and oxygen atoms in total. The Bertz CT molecular complexity index is 559. The minimum Gasteiger partial charge on any atom is -0.376 e. The number of amides is 1.